The number of rotatable bonds is 20. The number of fused-ring (bicyclic) bond motifs is 2. The van der Waals surface area contributed by atoms with E-state index < -0.39 is 84.6 Å². The maximum absolute atomic E-state index is 12.7. The smallest absolute Gasteiger partial charge is 0.386 e. The molecule has 2 aromatic rings. The fourth-order valence-electron chi connectivity index (χ4n) is 5.43. The van der Waals surface area contributed by atoms with Gasteiger partial charge in [-0.05, 0) is 0 Å². The lowest BCUT2D eigenvalue weighted by Gasteiger charge is -2.30. The molecular formula is C28H40N7O18P3S. The zero-order chi connectivity index (χ0) is 41.9. The highest BCUT2D eigenvalue weighted by molar-refractivity contribution is 8.14. The highest BCUT2D eigenvalue weighted by Gasteiger charge is 2.50. The zero-order valence-electron chi connectivity index (χ0n) is 29.9. The second kappa shape index (κ2) is 18.1. The molecule has 2 aromatic heterocycles. The Kier molecular flexibility index (Phi) is 14.3. The molecule has 57 heavy (non-hydrogen) atoms. The number of aromatic nitrogens is 4. The number of aliphatic hydroxyl groups excluding tert-OH is 2. The molecule has 0 radical (unpaired) electrons. The predicted octanol–water partition coefficient (Wildman–Crippen LogP) is -1.07. The number of ether oxygens (including phenoxy) is 2. The zero-order valence-corrected chi connectivity index (χ0v) is 33.4. The molecule has 0 aromatic carbocycles. The van der Waals surface area contributed by atoms with Gasteiger partial charge in [0.25, 0.3) is 0 Å². The van der Waals surface area contributed by atoms with E-state index in [1.165, 1.54) is 13.8 Å². The molecule has 0 bridgehead atoms. The number of nitrogens with one attached hydrogen (secondary N) is 2. The van der Waals surface area contributed by atoms with Crippen LogP contribution in [-0.2, 0) is 55.4 Å². The molecule has 5 rings (SSSR count). The molecule has 4 heterocycles. The molecule has 316 valence electrons. The van der Waals surface area contributed by atoms with E-state index in [9.17, 15) is 57.9 Å². The van der Waals surface area contributed by atoms with Gasteiger partial charge >= 0.3 is 23.5 Å². The van der Waals surface area contributed by atoms with Crippen molar-refractivity contribution in [2.24, 2.45) is 5.41 Å². The lowest BCUT2D eigenvalue weighted by atomic mass is 9.87. The number of thioether (sulfide) groups is 1. The SMILES string of the molecule is CC(C)(COP(=O)(O)OP(=O)(O)OC[C@H]1O[C@@H](n2cnc3c(N)ncnc32)[C@H](O)[C@@H]1OP(=O)(O)O)[C@@H](O)C(=O)NCCC(=O)NCCSC(=O)C1=CC=C[C@H]2O[C@@H]12. The van der Waals surface area contributed by atoms with Gasteiger partial charge in [0, 0.05) is 36.3 Å². The summed E-state index contributed by atoms with van der Waals surface area (Å²) >= 11 is 1.02. The number of hydrogen-bond donors (Lipinski definition) is 9. The standard InChI is InChI=1S/C28H40N7O18P3S/c1-28(2,22(38)25(39)31-7-6-17(36)30-8-9-57-27(40)14-4-3-5-15-20(14)50-15)11-49-56(46,47)53-55(44,45)48-10-16-21(52-54(41,42)43)19(37)26(51-16)35-13-34-18-23(29)32-12-33-24(18)35/h3-5,12-13,15-16,19-22,26,37-38H,6-11H2,1-2H3,(H,30,36)(H,31,39)(H,44,45)(H,46,47)(H2,29,32,33)(H2,41,42,43)/t15-,16-,19-,20+,21-,22+,26-/m1/s1. The van der Waals surface area contributed by atoms with Crippen LogP contribution in [0, 0.1) is 5.41 Å². The molecule has 0 saturated carbocycles. The van der Waals surface area contributed by atoms with Gasteiger partial charge in [-0.2, -0.15) is 4.31 Å². The van der Waals surface area contributed by atoms with Gasteiger partial charge in [-0.1, -0.05) is 43.8 Å². The fraction of sp³-hybridized carbons (Fsp3) is 0.571. The predicted molar refractivity (Wildman–Crippen MR) is 193 cm³/mol. The highest BCUT2D eigenvalue weighted by Crippen LogP contribution is 2.61. The quantitative estimate of drug-likeness (QED) is 0.0434. The van der Waals surface area contributed by atoms with Crippen LogP contribution in [0.2, 0.25) is 0 Å². The molecule has 2 amide bonds. The van der Waals surface area contributed by atoms with Crippen molar-refractivity contribution >= 4 is 69.1 Å². The van der Waals surface area contributed by atoms with Gasteiger partial charge < -0.3 is 55.6 Å². The van der Waals surface area contributed by atoms with Gasteiger partial charge in [-0.3, -0.25) is 32.5 Å². The Labute approximate surface area is 326 Å². The molecule has 9 atom stereocenters. The van der Waals surface area contributed by atoms with Crippen molar-refractivity contribution in [3.63, 3.8) is 0 Å². The summed E-state index contributed by atoms with van der Waals surface area (Å²) in [7, 11) is -16.4. The summed E-state index contributed by atoms with van der Waals surface area (Å²) in [5, 5.41) is 26.2. The summed E-state index contributed by atoms with van der Waals surface area (Å²) in [5.74, 6) is -1.18. The Morgan fingerprint density at radius 1 is 1.05 bits per heavy atom. The third-order valence-electron chi connectivity index (χ3n) is 8.38. The van der Waals surface area contributed by atoms with Crippen molar-refractivity contribution in [3.8, 4) is 0 Å². The number of allylic oxidation sites excluding steroid dienone is 2. The average Bonchev–Trinajstić information content (AvgIpc) is 3.71. The first-order valence-corrected chi connectivity index (χ1v) is 22.2. The molecule has 25 nitrogen and oxygen atoms in total. The summed E-state index contributed by atoms with van der Waals surface area (Å²) in [4.78, 5) is 88.0. The summed E-state index contributed by atoms with van der Waals surface area (Å²) in [6.45, 7) is 0.431. The molecule has 2 unspecified atom stereocenters. The van der Waals surface area contributed by atoms with Crippen LogP contribution in [0.3, 0.4) is 0 Å². The third-order valence-corrected chi connectivity index (χ3v) is 12.4. The van der Waals surface area contributed by atoms with Crippen LogP contribution in [0.25, 0.3) is 11.2 Å². The highest BCUT2D eigenvalue weighted by atomic mass is 32.2. The Hall–Kier alpha value is -3.00. The largest absolute Gasteiger partial charge is 0.481 e. The lowest BCUT2D eigenvalue weighted by molar-refractivity contribution is -0.137. The molecule has 1 aliphatic carbocycles. The van der Waals surface area contributed by atoms with Gasteiger partial charge in [0.15, 0.2) is 17.7 Å². The first kappa shape index (κ1) is 45.1. The van der Waals surface area contributed by atoms with E-state index >= 15 is 0 Å². The van der Waals surface area contributed by atoms with Crippen molar-refractivity contribution in [1.29, 1.82) is 0 Å². The molecule has 2 fully saturated rings. The Bertz CT molecular complexity index is 2050. The monoisotopic (exact) mass is 887 g/mol. The van der Waals surface area contributed by atoms with E-state index in [0.717, 1.165) is 29.0 Å². The van der Waals surface area contributed by atoms with Gasteiger partial charge in [-0.25, -0.2) is 28.6 Å². The normalized spacial score (nSPS) is 25.9. The fourth-order valence-corrected chi connectivity index (χ4v) is 8.99. The van der Waals surface area contributed by atoms with Crippen molar-refractivity contribution < 1.29 is 85.2 Å². The molecule has 3 aliphatic rings. The van der Waals surface area contributed by atoms with Gasteiger partial charge in [0.2, 0.25) is 16.9 Å². The summed E-state index contributed by atoms with van der Waals surface area (Å²) < 4.78 is 67.5. The summed E-state index contributed by atoms with van der Waals surface area (Å²) in [5.41, 5.74) is 4.81. The number of epoxide rings is 1. The molecular weight excluding hydrogens is 847 g/mol. The van der Waals surface area contributed by atoms with E-state index in [1.54, 1.807) is 12.2 Å². The molecule has 2 saturated heterocycles. The van der Waals surface area contributed by atoms with E-state index in [1.807, 2.05) is 6.08 Å². The van der Waals surface area contributed by atoms with Gasteiger partial charge in [-0.15, -0.1) is 0 Å². The Balaban J connectivity index is 1.05. The van der Waals surface area contributed by atoms with Crippen molar-refractivity contribution in [2.45, 2.75) is 63.1 Å². The second-order valence-electron chi connectivity index (χ2n) is 13.2. The van der Waals surface area contributed by atoms with E-state index in [4.69, 9.17) is 24.3 Å². The number of imidazole rings is 1. The maximum atomic E-state index is 12.7. The number of anilines is 1. The minimum absolute atomic E-state index is 0.0286. The van der Waals surface area contributed by atoms with Gasteiger partial charge in [0.1, 0.15) is 48.5 Å². The number of hydrogen-bond acceptors (Lipinski definition) is 19. The summed E-state index contributed by atoms with van der Waals surface area (Å²) in [6, 6.07) is 0. The number of phosphoric ester groups is 3. The molecule has 2 aliphatic heterocycles. The molecule has 10 N–H and O–H groups in total. The van der Waals surface area contributed by atoms with Crippen molar-refractivity contribution in [2.75, 3.05) is 37.8 Å². The number of nitrogens with zero attached hydrogens (tertiary/aromatic N) is 4. The Morgan fingerprint density at radius 3 is 2.49 bits per heavy atom. The molecule has 29 heteroatoms. The first-order chi connectivity index (χ1) is 26.6. The van der Waals surface area contributed by atoms with Crippen LogP contribution in [0.1, 0.15) is 26.5 Å². The third kappa shape index (κ3) is 12.0. The number of carbonyl (C=O) groups is 3. The van der Waals surface area contributed by atoms with Crippen LogP contribution in [0.15, 0.2) is 36.5 Å². The molecule has 0 spiro atoms. The topological polar surface area (TPSA) is 376 Å². The minimum atomic E-state index is -5.57. The average molecular weight is 888 g/mol. The van der Waals surface area contributed by atoms with Crippen LogP contribution in [0.5, 0.6) is 0 Å². The number of amides is 2. The lowest BCUT2D eigenvalue weighted by Crippen LogP contribution is -2.46. The minimum Gasteiger partial charge on any atom is -0.386 e. The van der Waals surface area contributed by atoms with Gasteiger partial charge in [0.05, 0.1) is 19.5 Å². The van der Waals surface area contributed by atoms with Crippen LogP contribution in [0.4, 0.5) is 5.82 Å². The van der Waals surface area contributed by atoms with Crippen molar-refractivity contribution in [1.82, 2.24) is 30.2 Å². The van der Waals surface area contributed by atoms with Crippen LogP contribution < -0.4 is 16.4 Å². The van der Waals surface area contributed by atoms with Crippen LogP contribution >= 0.6 is 35.2 Å². The van der Waals surface area contributed by atoms with Crippen LogP contribution in [-0.4, -0.2) is 135 Å². The first-order valence-electron chi connectivity index (χ1n) is 16.7. The second-order valence-corrected chi connectivity index (χ2v) is 18.5. The van der Waals surface area contributed by atoms with Crippen molar-refractivity contribution in [3.05, 3.63) is 36.5 Å². The maximum Gasteiger partial charge on any atom is 0.481 e. The number of phosphoric acid groups is 3. The number of nitrogen functional groups attached to an aromatic ring is 1. The summed E-state index contributed by atoms with van der Waals surface area (Å²) in [6.07, 6.45) is -1.94. The number of aliphatic hydroxyl groups is 2. The van der Waals surface area contributed by atoms with E-state index in [0.29, 0.717) is 11.3 Å². The number of carbonyl (C=O) groups excluding carboxylic acids is 3. The Morgan fingerprint density at radius 2 is 1.77 bits per heavy atom. The van der Waals surface area contributed by atoms with E-state index in [2.05, 4.69) is 34.4 Å². The van der Waals surface area contributed by atoms with E-state index in [-0.39, 0.29) is 53.8 Å². The number of nitrogens with two attached hydrogens (primary N) is 1.